The Morgan fingerprint density at radius 2 is 1.48 bits per heavy atom. The number of carbonyl (C=O) groups is 1. The molecule has 0 spiro atoms. The fourth-order valence-electron chi connectivity index (χ4n) is 5.38. The predicted octanol–water partition coefficient (Wildman–Crippen LogP) is 8.53. The first-order valence-electron chi connectivity index (χ1n) is 13.5. The van der Waals surface area contributed by atoms with E-state index >= 15 is 0 Å². The molecule has 1 heterocycles. The topological polar surface area (TPSA) is 35.5 Å². The summed E-state index contributed by atoms with van der Waals surface area (Å²) in [7, 11) is 0. The quantitative estimate of drug-likeness (QED) is 0.232. The van der Waals surface area contributed by atoms with E-state index in [4.69, 9.17) is 9.47 Å². The lowest BCUT2D eigenvalue weighted by molar-refractivity contribution is -0.132. The van der Waals surface area contributed by atoms with Crippen molar-refractivity contribution in [1.29, 1.82) is 0 Å². The molecular formula is C30H50O3. The van der Waals surface area contributed by atoms with Gasteiger partial charge >= 0.3 is 5.97 Å². The van der Waals surface area contributed by atoms with Crippen molar-refractivity contribution >= 4 is 5.97 Å². The smallest absolute Gasteiger partial charge is 0.308 e. The van der Waals surface area contributed by atoms with E-state index in [0.717, 1.165) is 52.4 Å². The highest BCUT2D eigenvalue weighted by atomic mass is 16.5. The Morgan fingerprint density at radius 3 is 2.06 bits per heavy atom. The van der Waals surface area contributed by atoms with Crippen LogP contribution in [0.25, 0.3) is 0 Å². The summed E-state index contributed by atoms with van der Waals surface area (Å²) in [5.74, 6) is 4.46. The molecule has 4 unspecified atom stereocenters. The van der Waals surface area contributed by atoms with Gasteiger partial charge in [0.2, 0.25) is 0 Å². The molecule has 3 heteroatoms. The highest BCUT2D eigenvalue weighted by Crippen LogP contribution is 2.44. The maximum Gasteiger partial charge on any atom is 0.308 e. The largest absolute Gasteiger partial charge is 0.490 e. The molecule has 0 aromatic heterocycles. The second kappa shape index (κ2) is 12.8. The van der Waals surface area contributed by atoms with Crippen molar-refractivity contribution in [1.82, 2.24) is 0 Å². The minimum Gasteiger partial charge on any atom is -0.490 e. The zero-order valence-electron chi connectivity index (χ0n) is 23.0. The number of rotatable bonds is 12. The first-order chi connectivity index (χ1) is 15.5. The Balaban J connectivity index is 1.88. The molecule has 0 amide bonds. The van der Waals surface area contributed by atoms with Crippen LogP contribution in [0.3, 0.4) is 0 Å². The molecule has 0 aliphatic carbocycles. The van der Waals surface area contributed by atoms with Gasteiger partial charge in [-0.05, 0) is 80.9 Å². The Hall–Kier alpha value is -1.51. The average molecular weight is 459 g/mol. The number of hydrogen-bond donors (Lipinski definition) is 0. The Labute approximate surface area is 204 Å². The molecule has 3 nitrogen and oxygen atoms in total. The van der Waals surface area contributed by atoms with Gasteiger partial charge in [-0.15, -0.1) is 0 Å². The minimum absolute atomic E-state index is 0.225. The third kappa shape index (κ3) is 8.04. The molecule has 4 atom stereocenters. The summed E-state index contributed by atoms with van der Waals surface area (Å²) in [6.07, 6.45) is 11.9. The molecule has 0 radical (unpaired) electrons. The van der Waals surface area contributed by atoms with E-state index in [1.807, 2.05) is 6.92 Å². The summed E-state index contributed by atoms with van der Waals surface area (Å²) in [5, 5.41) is 0. The minimum atomic E-state index is -0.259. The average Bonchev–Trinajstić information content (AvgIpc) is 2.73. The van der Waals surface area contributed by atoms with Gasteiger partial charge in [-0.3, -0.25) is 4.79 Å². The van der Waals surface area contributed by atoms with Crippen molar-refractivity contribution in [2.45, 2.75) is 126 Å². The highest BCUT2D eigenvalue weighted by Gasteiger charge is 2.31. The summed E-state index contributed by atoms with van der Waals surface area (Å²) < 4.78 is 12.0. The van der Waals surface area contributed by atoms with Crippen LogP contribution in [0.1, 0.15) is 115 Å². The predicted molar refractivity (Wildman–Crippen MR) is 139 cm³/mol. The van der Waals surface area contributed by atoms with Crippen LogP contribution in [0.5, 0.6) is 11.5 Å². The zero-order chi connectivity index (χ0) is 24.7. The zero-order valence-corrected chi connectivity index (χ0v) is 23.0. The molecule has 1 aromatic rings. The summed E-state index contributed by atoms with van der Waals surface area (Å²) in [6.45, 7) is 19.4. The van der Waals surface area contributed by atoms with Crippen LogP contribution in [-0.2, 0) is 11.2 Å². The van der Waals surface area contributed by atoms with E-state index in [1.54, 1.807) is 0 Å². The van der Waals surface area contributed by atoms with E-state index in [1.165, 1.54) is 63.9 Å². The molecule has 188 valence electrons. The summed E-state index contributed by atoms with van der Waals surface area (Å²) in [4.78, 5) is 11.6. The van der Waals surface area contributed by atoms with Crippen LogP contribution >= 0.6 is 0 Å². The number of carbonyl (C=O) groups excluding carboxylic acids is 1. The second-order valence-corrected chi connectivity index (χ2v) is 11.4. The van der Waals surface area contributed by atoms with Gasteiger partial charge in [0.25, 0.3) is 0 Å². The number of benzene rings is 1. The van der Waals surface area contributed by atoms with Crippen molar-refractivity contribution in [3.63, 3.8) is 0 Å². The van der Waals surface area contributed by atoms with Gasteiger partial charge in [-0.2, -0.15) is 0 Å². The van der Waals surface area contributed by atoms with E-state index < -0.39 is 0 Å². The third-order valence-electron chi connectivity index (χ3n) is 7.89. The standard InChI is InChI=1S/C30H50O3/c1-19(2)12-10-13-20(3)14-11-15-21(4)16-17-27-18-28-24(7)29(33-26(9)31)22(5)23(6)30(28)32-25(27)8/h19-21,25,27H,10-18H2,1-9H3. The van der Waals surface area contributed by atoms with Gasteiger partial charge in [0.15, 0.2) is 0 Å². The van der Waals surface area contributed by atoms with Crippen molar-refractivity contribution < 1.29 is 14.3 Å². The van der Waals surface area contributed by atoms with Crippen LogP contribution in [0, 0.1) is 44.4 Å². The summed E-state index contributed by atoms with van der Waals surface area (Å²) >= 11 is 0. The fraction of sp³-hybridized carbons (Fsp3) is 0.767. The van der Waals surface area contributed by atoms with Gasteiger partial charge in [0.05, 0.1) is 6.10 Å². The van der Waals surface area contributed by atoms with Crippen LogP contribution in [0.2, 0.25) is 0 Å². The van der Waals surface area contributed by atoms with Crippen molar-refractivity contribution in [2.75, 3.05) is 0 Å². The lowest BCUT2D eigenvalue weighted by Gasteiger charge is -2.35. The van der Waals surface area contributed by atoms with Gasteiger partial charge in [0.1, 0.15) is 11.5 Å². The van der Waals surface area contributed by atoms with E-state index in [-0.39, 0.29) is 12.1 Å². The summed E-state index contributed by atoms with van der Waals surface area (Å²) in [5.41, 5.74) is 4.42. The third-order valence-corrected chi connectivity index (χ3v) is 7.89. The maximum atomic E-state index is 11.6. The maximum absolute atomic E-state index is 11.6. The van der Waals surface area contributed by atoms with Gasteiger partial charge in [0, 0.05) is 12.5 Å². The molecule has 1 aromatic carbocycles. The Kier molecular flexibility index (Phi) is 10.8. The monoisotopic (exact) mass is 458 g/mol. The number of esters is 1. The first-order valence-corrected chi connectivity index (χ1v) is 13.5. The molecule has 0 N–H and O–H groups in total. The number of hydrogen-bond acceptors (Lipinski definition) is 3. The van der Waals surface area contributed by atoms with Gasteiger partial charge < -0.3 is 9.47 Å². The van der Waals surface area contributed by atoms with Crippen LogP contribution in [0.4, 0.5) is 0 Å². The molecule has 0 saturated carbocycles. The second-order valence-electron chi connectivity index (χ2n) is 11.4. The molecule has 1 aliphatic heterocycles. The Morgan fingerprint density at radius 1 is 0.909 bits per heavy atom. The van der Waals surface area contributed by atoms with Crippen molar-refractivity contribution in [3.05, 3.63) is 22.3 Å². The first kappa shape index (κ1) is 27.7. The SMILES string of the molecule is CC(=O)Oc1c(C)c(C)c2c(c1C)CC(CCC(C)CCCC(C)CCCC(C)C)C(C)O2. The molecule has 0 saturated heterocycles. The van der Waals surface area contributed by atoms with E-state index in [0.29, 0.717) is 5.92 Å². The Bertz CT molecular complexity index is 779. The molecule has 1 aliphatic rings. The lowest BCUT2D eigenvalue weighted by atomic mass is 9.82. The molecule has 0 bridgehead atoms. The summed E-state index contributed by atoms with van der Waals surface area (Å²) in [6, 6.07) is 0. The highest BCUT2D eigenvalue weighted by molar-refractivity contribution is 5.72. The van der Waals surface area contributed by atoms with Crippen molar-refractivity contribution in [3.8, 4) is 11.5 Å². The number of ether oxygens (including phenoxy) is 2. The van der Waals surface area contributed by atoms with Gasteiger partial charge in [-0.1, -0.05) is 72.6 Å². The molecule has 2 rings (SSSR count). The molecule has 0 fully saturated rings. The van der Waals surface area contributed by atoms with E-state index in [9.17, 15) is 4.79 Å². The van der Waals surface area contributed by atoms with Crippen LogP contribution in [0.15, 0.2) is 0 Å². The van der Waals surface area contributed by atoms with Gasteiger partial charge in [-0.25, -0.2) is 0 Å². The van der Waals surface area contributed by atoms with Crippen molar-refractivity contribution in [2.24, 2.45) is 23.7 Å². The lowest BCUT2D eigenvalue weighted by Crippen LogP contribution is -2.32. The van der Waals surface area contributed by atoms with E-state index in [2.05, 4.69) is 48.5 Å². The van der Waals surface area contributed by atoms with Crippen LogP contribution in [-0.4, -0.2) is 12.1 Å². The van der Waals surface area contributed by atoms with Crippen LogP contribution < -0.4 is 9.47 Å². The normalized spacial score (nSPS) is 19.7. The number of fused-ring (bicyclic) bond motifs is 1. The molecular weight excluding hydrogens is 408 g/mol. The molecule has 33 heavy (non-hydrogen) atoms. The fourth-order valence-corrected chi connectivity index (χ4v) is 5.38.